The highest BCUT2D eigenvalue weighted by atomic mass is 16.5. The van der Waals surface area contributed by atoms with E-state index in [1.807, 2.05) is 13.0 Å². The number of ether oxygens (including phenoxy) is 2. The zero-order valence-corrected chi connectivity index (χ0v) is 15.4. The van der Waals surface area contributed by atoms with Gasteiger partial charge >= 0.3 is 11.9 Å². The van der Waals surface area contributed by atoms with E-state index in [1.165, 1.54) is 0 Å². The highest BCUT2D eigenvalue weighted by Gasteiger charge is 2.30. The predicted molar refractivity (Wildman–Crippen MR) is 95.5 cm³/mol. The lowest BCUT2D eigenvalue weighted by Crippen LogP contribution is -2.25. The third-order valence-corrected chi connectivity index (χ3v) is 4.24. The first kappa shape index (κ1) is 20.5. The summed E-state index contributed by atoms with van der Waals surface area (Å²) >= 11 is 0. The summed E-state index contributed by atoms with van der Waals surface area (Å²) in [6.45, 7) is 7.06. The van der Waals surface area contributed by atoms with Gasteiger partial charge in [-0.1, -0.05) is 57.3 Å². The smallest absolute Gasteiger partial charge is 0.334 e. The highest BCUT2D eigenvalue weighted by Crippen LogP contribution is 2.26. The van der Waals surface area contributed by atoms with Gasteiger partial charge in [-0.2, -0.15) is 0 Å². The van der Waals surface area contributed by atoms with Gasteiger partial charge in [0, 0.05) is 0 Å². The van der Waals surface area contributed by atoms with Crippen LogP contribution in [0.1, 0.15) is 72.1 Å². The average molecular weight is 336 g/mol. The van der Waals surface area contributed by atoms with Crippen molar-refractivity contribution in [3.05, 3.63) is 23.3 Å². The molecule has 4 nitrogen and oxygen atoms in total. The lowest BCUT2D eigenvalue weighted by molar-refractivity contribution is -0.151. The van der Waals surface area contributed by atoms with Crippen LogP contribution in [0.4, 0.5) is 0 Å². The molecular formula is C20H32O4. The zero-order chi connectivity index (χ0) is 17.8. The van der Waals surface area contributed by atoms with Crippen LogP contribution in [0.5, 0.6) is 0 Å². The SMILES string of the molecule is CCCCCOC(=O)C1=CC=C(C)CCC1C(=O)OCCCCC. The molecular weight excluding hydrogens is 304 g/mol. The Hall–Kier alpha value is -1.58. The van der Waals surface area contributed by atoms with Crippen LogP contribution in [-0.4, -0.2) is 25.2 Å². The standard InChI is InChI=1S/C20H32O4/c1-4-6-8-14-23-19(21)17-12-10-16(3)11-13-18(17)20(22)24-15-9-7-5-2/h10,12,18H,4-9,11,13-15H2,1-3H3. The Morgan fingerprint density at radius 1 is 1.00 bits per heavy atom. The van der Waals surface area contributed by atoms with Gasteiger partial charge in [-0.3, -0.25) is 4.79 Å². The fourth-order valence-corrected chi connectivity index (χ4v) is 2.64. The van der Waals surface area contributed by atoms with E-state index < -0.39 is 5.92 Å². The van der Waals surface area contributed by atoms with Crippen molar-refractivity contribution in [2.75, 3.05) is 13.2 Å². The topological polar surface area (TPSA) is 52.6 Å². The van der Waals surface area contributed by atoms with Gasteiger partial charge in [-0.15, -0.1) is 0 Å². The highest BCUT2D eigenvalue weighted by molar-refractivity contribution is 5.96. The molecule has 1 aliphatic rings. The summed E-state index contributed by atoms with van der Waals surface area (Å²) in [4.78, 5) is 24.8. The predicted octanol–water partition coefficient (Wildman–Crippen LogP) is 4.74. The van der Waals surface area contributed by atoms with Gasteiger partial charge in [0.15, 0.2) is 0 Å². The van der Waals surface area contributed by atoms with Crippen LogP contribution in [-0.2, 0) is 19.1 Å². The molecule has 0 aromatic carbocycles. The third-order valence-electron chi connectivity index (χ3n) is 4.24. The minimum atomic E-state index is -0.515. The fraction of sp³-hybridized carbons (Fsp3) is 0.700. The number of esters is 2. The summed E-state index contributed by atoms with van der Waals surface area (Å²) in [5.74, 6) is -1.20. The van der Waals surface area contributed by atoms with Crippen molar-refractivity contribution in [1.82, 2.24) is 0 Å². The lowest BCUT2D eigenvalue weighted by atomic mass is 9.94. The normalized spacial score (nSPS) is 17.5. The summed E-state index contributed by atoms with van der Waals surface area (Å²) in [5.41, 5.74) is 1.59. The number of unbranched alkanes of at least 4 members (excludes halogenated alkanes) is 4. The van der Waals surface area contributed by atoms with Gasteiger partial charge in [-0.05, 0) is 32.6 Å². The second-order valence-electron chi connectivity index (χ2n) is 6.44. The van der Waals surface area contributed by atoms with E-state index in [2.05, 4.69) is 13.8 Å². The van der Waals surface area contributed by atoms with E-state index in [4.69, 9.17) is 9.47 Å². The van der Waals surface area contributed by atoms with Crippen molar-refractivity contribution in [1.29, 1.82) is 0 Å². The monoisotopic (exact) mass is 336 g/mol. The lowest BCUT2D eigenvalue weighted by Gasteiger charge is -2.17. The Morgan fingerprint density at radius 3 is 2.25 bits per heavy atom. The molecule has 0 bridgehead atoms. The van der Waals surface area contributed by atoms with E-state index in [-0.39, 0.29) is 11.9 Å². The van der Waals surface area contributed by atoms with Gasteiger partial charge in [0.05, 0.1) is 24.7 Å². The van der Waals surface area contributed by atoms with Crippen LogP contribution in [0.25, 0.3) is 0 Å². The van der Waals surface area contributed by atoms with Crippen LogP contribution >= 0.6 is 0 Å². The first-order valence-corrected chi connectivity index (χ1v) is 9.31. The maximum absolute atomic E-state index is 12.4. The molecule has 0 N–H and O–H groups in total. The zero-order valence-electron chi connectivity index (χ0n) is 15.4. The molecule has 4 heteroatoms. The number of hydrogen-bond acceptors (Lipinski definition) is 4. The molecule has 0 radical (unpaired) electrons. The van der Waals surface area contributed by atoms with E-state index in [1.54, 1.807) is 6.08 Å². The molecule has 0 saturated carbocycles. The number of rotatable bonds is 10. The second kappa shape index (κ2) is 11.9. The molecule has 1 aliphatic carbocycles. The van der Waals surface area contributed by atoms with Crippen molar-refractivity contribution in [2.45, 2.75) is 72.1 Å². The van der Waals surface area contributed by atoms with Gasteiger partial charge in [0.1, 0.15) is 0 Å². The Kier molecular flexibility index (Phi) is 10.1. The largest absolute Gasteiger partial charge is 0.465 e. The Labute approximate surface area is 146 Å². The molecule has 0 amide bonds. The minimum absolute atomic E-state index is 0.300. The van der Waals surface area contributed by atoms with E-state index in [0.717, 1.165) is 50.5 Å². The van der Waals surface area contributed by atoms with Gasteiger partial charge in [0.2, 0.25) is 0 Å². The second-order valence-corrected chi connectivity index (χ2v) is 6.44. The molecule has 0 saturated heterocycles. The summed E-state index contributed by atoms with van der Waals surface area (Å²) in [5, 5.41) is 0. The number of hydrogen-bond donors (Lipinski definition) is 0. The molecule has 24 heavy (non-hydrogen) atoms. The third kappa shape index (κ3) is 7.33. The first-order chi connectivity index (χ1) is 11.6. The molecule has 136 valence electrons. The average Bonchev–Trinajstić information content (AvgIpc) is 2.77. The fourth-order valence-electron chi connectivity index (χ4n) is 2.64. The number of carbonyl (C=O) groups excluding carboxylic acids is 2. The molecule has 0 spiro atoms. The van der Waals surface area contributed by atoms with Crippen LogP contribution in [0.2, 0.25) is 0 Å². The Balaban J connectivity index is 2.66. The Morgan fingerprint density at radius 2 is 1.62 bits per heavy atom. The maximum atomic E-state index is 12.4. The van der Waals surface area contributed by atoms with Crippen molar-refractivity contribution in [3.63, 3.8) is 0 Å². The summed E-state index contributed by atoms with van der Waals surface area (Å²) in [6, 6.07) is 0. The summed E-state index contributed by atoms with van der Waals surface area (Å²) in [6.07, 6.45) is 11.0. The van der Waals surface area contributed by atoms with Crippen molar-refractivity contribution >= 4 is 11.9 Å². The minimum Gasteiger partial charge on any atom is -0.465 e. The van der Waals surface area contributed by atoms with Gasteiger partial charge in [0.25, 0.3) is 0 Å². The molecule has 0 heterocycles. The first-order valence-electron chi connectivity index (χ1n) is 9.31. The number of carbonyl (C=O) groups is 2. The van der Waals surface area contributed by atoms with Crippen LogP contribution in [0, 0.1) is 5.92 Å². The maximum Gasteiger partial charge on any atom is 0.334 e. The molecule has 0 aromatic rings. The molecule has 0 fully saturated rings. The van der Waals surface area contributed by atoms with E-state index in [9.17, 15) is 9.59 Å². The van der Waals surface area contributed by atoms with Crippen molar-refractivity contribution in [3.8, 4) is 0 Å². The molecule has 1 atom stereocenters. The van der Waals surface area contributed by atoms with Gasteiger partial charge in [-0.25, -0.2) is 4.79 Å². The Bertz CT molecular complexity index is 462. The molecule has 1 rings (SSSR count). The van der Waals surface area contributed by atoms with Crippen LogP contribution in [0.15, 0.2) is 23.3 Å². The van der Waals surface area contributed by atoms with E-state index in [0.29, 0.717) is 25.2 Å². The summed E-state index contributed by atoms with van der Waals surface area (Å²) in [7, 11) is 0. The molecule has 0 aromatic heterocycles. The van der Waals surface area contributed by atoms with Crippen molar-refractivity contribution < 1.29 is 19.1 Å². The van der Waals surface area contributed by atoms with Crippen LogP contribution in [0.3, 0.4) is 0 Å². The molecule has 1 unspecified atom stereocenters. The quantitative estimate of drug-likeness (QED) is 0.427. The van der Waals surface area contributed by atoms with Crippen molar-refractivity contribution in [2.24, 2.45) is 5.92 Å². The van der Waals surface area contributed by atoms with Crippen LogP contribution < -0.4 is 0 Å². The van der Waals surface area contributed by atoms with E-state index >= 15 is 0 Å². The summed E-state index contributed by atoms with van der Waals surface area (Å²) < 4.78 is 10.7. The molecule has 0 aliphatic heterocycles. The number of allylic oxidation sites excluding steroid dienone is 3. The van der Waals surface area contributed by atoms with Gasteiger partial charge < -0.3 is 9.47 Å².